The number of sulfonamides is 1. The lowest BCUT2D eigenvalue weighted by Crippen LogP contribution is -2.47. The first-order valence-electron chi connectivity index (χ1n) is 20.9. The van der Waals surface area contributed by atoms with Crippen LogP contribution in [0.15, 0.2) is 95.7 Å². The van der Waals surface area contributed by atoms with E-state index in [9.17, 15) is 13.2 Å². The van der Waals surface area contributed by atoms with Gasteiger partial charge in [0, 0.05) is 68.2 Å². The molecule has 2 saturated heterocycles. The molecule has 1 aliphatic carbocycles. The Kier molecular flexibility index (Phi) is 11.6. The first kappa shape index (κ1) is 41.4. The highest BCUT2D eigenvalue weighted by Gasteiger charge is 2.30. The van der Waals surface area contributed by atoms with Gasteiger partial charge < -0.3 is 19.4 Å². The molecule has 1 amide bonds. The average molecular weight is 883 g/mol. The van der Waals surface area contributed by atoms with E-state index < -0.39 is 15.9 Å². The maximum absolute atomic E-state index is 14.1. The standard InChI is InChI=1S/C46H49Cl2N7O5S/c1-46(2)15-11-33(38(26-46)31-3-5-34(47)6-4-31)28-53-17-19-54(20-18-53)35-7-9-37(41(24-35)55-42-23-32-12-16-49-44(32)51-40(42)27-50-55)45(56)52-61(57,58)36-8-10-43(39(48)25-36)60-29-30-13-21-59-22-14-30/h3-10,12,16,23-25,27,30H,11,13-15,17-22,26,28-29H2,1-2H3,(H,49,51)(H,52,56). The second-order valence-corrected chi connectivity index (χ2v) is 19.7. The van der Waals surface area contributed by atoms with Gasteiger partial charge in [0.15, 0.2) is 0 Å². The number of carbonyl (C=O) groups is 1. The lowest BCUT2D eigenvalue weighted by atomic mass is 9.72. The van der Waals surface area contributed by atoms with E-state index in [1.807, 2.05) is 42.6 Å². The molecule has 0 unspecified atom stereocenters. The van der Waals surface area contributed by atoms with Crippen molar-refractivity contribution in [3.05, 3.63) is 112 Å². The fourth-order valence-corrected chi connectivity index (χ4v) is 10.1. The summed E-state index contributed by atoms with van der Waals surface area (Å²) in [5, 5.41) is 6.44. The zero-order valence-corrected chi connectivity index (χ0v) is 36.6. The number of allylic oxidation sites excluding steroid dienone is 1. The van der Waals surface area contributed by atoms with Crippen LogP contribution in [0, 0.1) is 11.3 Å². The Balaban J connectivity index is 0.962. The van der Waals surface area contributed by atoms with Gasteiger partial charge in [-0.2, -0.15) is 5.10 Å². The van der Waals surface area contributed by atoms with Crippen LogP contribution in [0.1, 0.15) is 61.9 Å². The van der Waals surface area contributed by atoms with Crippen molar-refractivity contribution in [3.8, 4) is 11.4 Å². The summed E-state index contributed by atoms with van der Waals surface area (Å²) >= 11 is 12.8. The van der Waals surface area contributed by atoms with Crippen LogP contribution in [-0.2, 0) is 14.8 Å². The number of carbonyl (C=O) groups excluding carboxylic acids is 1. The Labute approximate surface area is 365 Å². The highest BCUT2D eigenvalue weighted by Crippen LogP contribution is 2.43. The highest BCUT2D eigenvalue weighted by molar-refractivity contribution is 7.90. The number of halogens is 2. The van der Waals surface area contributed by atoms with Crippen LogP contribution in [0.2, 0.25) is 10.0 Å². The third-order valence-corrected chi connectivity index (χ3v) is 14.2. The molecule has 15 heteroatoms. The van der Waals surface area contributed by atoms with Crippen LogP contribution >= 0.6 is 23.2 Å². The van der Waals surface area contributed by atoms with E-state index in [-0.39, 0.29) is 20.9 Å². The quantitative estimate of drug-likeness (QED) is 0.131. The van der Waals surface area contributed by atoms with Crippen molar-refractivity contribution in [3.63, 3.8) is 0 Å². The van der Waals surface area contributed by atoms with Crippen LogP contribution in [0.5, 0.6) is 5.75 Å². The van der Waals surface area contributed by atoms with Gasteiger partial charge >= 0.3 is 0 Å². The lowest BCUT2D eigenvalue weighted by molar-refractivity contribution is 0.0497. The maximum atomic E-state index is 14.1. The molecule has 0 atom stereocenters. The van der Waals surface area contributed by atoms with Gasteiger partial charge in [-0.1, -0.05) is 54.8 Å². The summed E-state index contributed by atoms with van der Waals surface area (Å²) in [5.74, 6) is -0.0888. The van der Waals surface area contributed by atoms with Crippen molar-refractivity contribution >= 4 is 72.5 Å². The Hall–Kier alpha value is -4.92. The Morgan fingerprint density at radius 3 is 2.54 bits per heavy atom. The van der Waals surface area contributed by atoms with Crippen molar-refractivity contribution in [1.29, 1.82) is 0 Å². The minimum atomic E-state index is -4.34. The Morgan fingerprint density at radius 1 is 0.984 bits per heavy atom. The molecule has 0 saturated carbocycles. The highest BCUT2D eigenvalue weighted by atomic mass is 35.5. The van der Waals surface area contributed by atoms with Gasteiger partial charge in [-0.05, 0) is 115 Å². The van der Waals surface area contributed by atoms with Crippen LogP contribution in [0.4, 0.5) is 5.69 Å². The number of aromatic amines is 1. The van der Waals surface area contributed by atoms with E-state index in [0.717, 1.165) is 86.6 Å². The predicted octanol–water partition coefficient (Wildman–Crippen LogP) is 8.92. The zero-order valence-electron chi connectivity index (χ0n) is 34.3. The smallest absolute Gasteiger partial charge is 0.267 e. The molecule has 6 aromatic rings. The predicted molar refractivity (Wildman–Crippen MR) is 241 cm³/mol. The molecule has 3 aliphatic rings. The number of benzene rings is 3. The summed E-state index contributed by atoms with van der Waals surface area (Å²) in [5.41, 5.74) is 7.90. The number of amides is 1. The number of piperazine rings is 1. The van der Waals surface area contributed by atoms with Crippen molar-refractivity contribution in [2.24, 2.45) is 11.3 Å². The molecule has 318 valence electrons. The minimum absolute atomic E-state index is 0.134. The second-order valence-electron chi connectivity index (χ2n) is 17.2. The van der Waals surface area contributed by atoms with Gasteiger partial charge in [0.2, 0.25) is 0 Å². The number of aromatic nitrogens is 4. The van der Waals surface area contributed by atoms with Crippen LogP contribution in [0.25, 0.3) is 33.3 Å². The summed E-state index contributed by atoms with van der Waals surface area (Å²) in [4.78, 5) is 26.7. The monoisotopic (exact) mass is 881 g/mol. The summed E-state index contributed by atoms with van der Waals surface area (Å²) in [7, 11) is -4.34. The molecule has 9 rings (SSSR count). The maximum Gasteiger partial charge on any atom is 0.267 e. The number of pyridine rings is 1. The molecule has 2 N–H and O–H groups in total. The number of H-pyrrole nitrogens is 1. The number of anilines is 1. The van der Waals surface area contributed by atoms with E-state index in [0.29, 0.717) is 48.2 Å². The minimum Gasteiger partial charge on any atom is -0.492 e. The van der Waals surface area contributed by atoms with E-state index in [1.165, 1.54) is 34.9 Å². The fourth-order valence-electron chi connectivity index (χ4n) is 8.72. The summed E-state index contributed by atoms with van der Waals surface area (Å²) in [6.07, 6.45) is 8.50. The van der Waals surface area contributed by atoms with Gasteiger partial charge in [-0.3, -0.25) is 9.69 Å². The average Bonchev–Trinajstić information content (AvgIpc) is 3.90. The van der Waals surface area contributed by atoms with E-state index >= 15 is 0 Å². The summed E-state index contributed by atoms with van der Waals surface area (Å²) < 4.78 is 42.8. The molecular weight excluding hydrogens is 834 g/mol. The summed E-state index contributed by atoms with van der Waals surface area (Å²) in [6.45, 7) is 10.7. The van der Waals surface area contributed by atoms with Gasteiger partial charge in [-0.15, -0.1) is 0 Å². The van der Waals surface area contributed by atoms with Crippen molar-refractivity contribution in [2.45, 2.75) is 50.8 Å². The van der Waals surface area contributed by atoms with E-state index in [2.05, 4.69) is 50.6 Å². The third kappa shape index (κ3) is 9.03. The number of rotatable bonds is 11. The van der Waals surface area contributed by atoms with E-state index in [4.69, 9.17) is 37.7 Å². The SMILES string of the molecule is CC1(C)CCC(CN2CCN(c3ccc(C(=O)NS(=O)(=O)c4ccc(OCC5CCOCC5)c(Cl)c4)c(-n4ncc5nc6[nH]ccc6cc54)c3)CC2)=C(c2ccc(Cl)cc2)C1. The van der Waals surface area contributed by atoms with Gasteiger partial charge in [0.05, 0.1) is 39.5 Å². The molecule has 3 aromatic heterocycles. The van der Waals surface area contributed by atoms with Gasteiger partial charge in [-0.25, -0.2) is 22.8 Å². The van der Waals surface area contributed by atoms with Gasteiger partial charge in [0.25, 0.3) is 15.9 Å². The molecule has 0 spiro atoms. The number of nitrogens with one attached hydrogen (secondary N) is 2. The number of hydrogen-bond donors (Lipinski definition) is 2. The third-order valence-electron chi connectivity index (χ3n) is 12.3. The molecule has 5 heterocycles. The number of fused-ring (bicyclic) bond motifs is 2. The largest absolute Gasteiger partial charge is 0.492 e. The number of nitrogens with zero attached hydrogens (tertiary/aromatic N) is 5. The van der Waals surface area contributed by atoms with Gasteiger partial charge in [0.1, 0.15) is 16.9 Å². The first-order valence-corrected chi connectivity index (χ1v) is 23.1. The normalized spacial score (nSPS) is 17.9. The van der Waals surface area contributed by atoms with Crippen LogP contribution < -0.4 is 14.4 Å². The topological polar surface area (TPSA) is 135 Å². The molecular formula is C46H49Cl2N7O5S. The molecule has 0 radical (unpaired) electrons. The van der Waals surface area contributed by atoms with Crippen molar-refractivity contribution in [1.82, 2.24) is 29.4 Å². The zero-order chi connectivity index (χ0) is 42.3. The van der Waals surface area contributed by atoms with Crippen LogP contribution in [0.3, 0.4) is 0 Å². The lowest BCUT2D eigenvalue weighted by Gasteiger charge is -2.39. The second kappa shape index (κ2) is 17.1. The number of ether oxygens (including phenoxy) is 2. The Bertz CT molecular complexity index is 2730. The molecule has 2 fully saturated rings. The molecule has 2 aliphatic heterocycles. The summed E-state index contributed by atoms with van der Waals surface area (Å²) in [6, 6.07) is 21.8. The van der Waals surface area contributed by atoms with E-state index in [1.54, 1.807) is 16.9 Å². The molecule has 12 nitrogen and oxygen atoms in total. The molecule has 0 bridgehead atoms. The molecule has 3 aromatic carbocycles. The van der Waals surface area contributed by atoms with Crippen molar-refractivity contribution < 1.29 is 22.7 Å². The number of hydrogen-bond acceptors (Lipinski definition) is 9. The Morgan fingerprint density at radius 2 is 1.77 bits per heavy atom. The molecule has 61 heavy (non-hydrogen) atoms. The fraction of sp³-hybridized carbons (Fsp3) is 0.370. The van der Waals surface area contributed by atoms with Crippen LogP contribution in [-0.4, -0.2) is 91.5 Å². The first-order chi connectivity index (χ1) is 29.4. The van der Waals surface area contributed by atoms with Crippen molar-refractivity contribution in [2.75, 3.05) is 57.4 Å².